The van der Waals surface area contributed by atoms with Gasteiger partial charge in [0.25, 0.3) is 5.69 Å². The van der Waals surface area contributed by atoms with Crippen LogP contribution in [0.4, 0.5) is 10.5 Å². The molecule has 1 atom stereocenters. The summed E-state index contributed by atoms with van der Waals surface area (Å²) < 4.78 is 10.1. The first-order valence-corrected chi connectivity index (χ1v) is 10.8. The average Bonchev–Trinajstić information content (AvgIpc) is 3.36. The van der Waals surface area contributed by atoms with Crippen LogP contribution < -0.4 is 15.4 Å². The molecule has 1 unspecified atom stereocenters. The fraction of sp³-hybridized carbons (Fsp3) is 0.304. The van der Waals surface area contributed by atoms with Crippen molar-refractivity contribution < 1.29 is 33.6 Å². The van der Waals surface area contributed by atoms with E-state index in [1.165, 1.54) is 29.2 Å². The molecule has 0 spiro atoms. The smallest absolute Gasteiger partial charge is 0.407 e. The Morgan fingerprint density at radius 1 is 1.00 bits per heavy atom. The third kappa shape index (κ3) is 7.52. The second kappa shape index (κ2) is 12.1. The molecule has 35 heavy (non-hydrogen) atoms. The Morgan fingerprint density at radius 2 is 1.71 bits per heavy atom. The lowest BCUT2D eigenvalue weighted by Crippen LogP contribution is -2.50. The van der Waals surface area contributed by atoms with Crippen molar-refractivity contribution in [3.8, 4) is 5.75 Å². The summed E-state index contributed by atoms with van der Waals surface area (Å²) in [4.78, 5) is 60.3. The number of hydrogen-bond acceptors (Lipinski definition) is 8. The van der Waals surface area contributed by atoms with Gasteiger partial charge in [0.2, 0.25) is 11.8 Å². The molecule has 12 nitrogen and oxygen atoms in total. The molecule has 0 saturated carbocycles. The maximum atomic E-state index is 12.5. The number of nitro groups is 1. The highest BCUT2D eigenvalue weighted by molar-refractivity contribution is 5.91. The Bertz CT molecular complexity index is 1070. The van der Waals surface area contributed by atoms with Gasteiger partial charge in [-0.2, -0.15) is 0 Å². The lowest BCUT2D eigenvalue weighted by Gasteiger charge is -2.24. The molecule has 0 aromatic heterocycles. The van der Waals surface area contributed by atoms with Crippen molar-refractivity contribution in [3.05, 3.63) is 70.3 Å². The molecule has 1 heterocycles. The molecule has 0 radical (unpaired) electrons. The van der Waals surface area contributed by atoms with Gasteiger partial charge in [0.1, 0.15) is 31.5 Å². The van der Waals surface area contributed by atoms with E-state index < -0.39 is 41.4 Å². The van der Waals surface area contributed by atoms with Gasteiger partial charge in [0.15, 0.2) is 0 Å². The highest BCUT2D eigenvalue weighted by Gasteiger charge is 2.34. The number of hydrogen-bond donors (Lipinski definition) is 2. The number of ether oxygens (including phenoxy) is 2. The van der Waals surface area contributed by atoms with Crippen LogP contribution in [0.3, 0.4) is 0 Å². The van der Waals surface area contributed by atoms with Crippen molar-refractivity contribution in [2.24, 2.45) is 0 Å². The summed E-state index contributed by atoms with van der Waals surface area (Å²) in [7, 11) is 0. The first-order chi connectivity index (χ1) is 16.8. The molecule has 1 aliphatic rings. The number of carbonyl (C=O) groups excluding carboxylic acids is 4. The molecule has 0 aliphatic carbocycles. The van der Waals surface area contributed by atoms with E-state index in [9.17, 15) is 29.3 Å². The second-order valence-electron chi connectivity index (χ2n) is 7.60. The van der Waals surface area contributed by atoms with Crippen LogP contribution in [0.15, 0.2) is 54.6 Å². The van der Waals surface area contributed by atoms with Crippen molar-refractivity contribution in [1.29, 1.82) is 0 Å². The maximum absolute atomic E-state index is 12.5. The summed E-state index contributed by atoms with van der Waals surface area (Å²) in [6, 6.07) is 13.2. The number of alkyl carbamates (subject to hydrolysis) is 1. The van der Waals surface area contributed by atoms with Gasteiger partial charge in [-0.15, -0.1) is 0 Å². The predicted octanol–water partition coefficient (Wildman–Crippen LogP) is 1.53. The number of benzene rings is 2. The van der Waals surface area contributed by atoms with Crippen LogP contribution in [0.5, 0.6) is 5.75 Å². The molecule has 3 amide bonds. The van der Waals surface area contributed by atoms with E-state index in [1.54, 1.807) is 12.1 Å². The van der Waals surface area contributed by atoms with Crippen molar-refractivity contribution in [3.63, 3.8) is 0 Å². The zero-order valence-corrected chi connectivity index (χ0v) is 18.7. The van der Waals surface area contributed by atoms with E-state index in [1.807, 2.05) is 18.2 Å². The number of nitro benzene ring substituents is 1. The Hall–Kier alpha value is -4.48. The summed E-state index contributed by atoms with van der Waals surface area (Å²) in [6.45, 7) is -0.380. The van der Waals surface area contributed by atoms with Gasteiger partial charge in [-0.1, -0.05) is 30.3 Å². The number of esters is 1. The standard InChI is InChI=1S/C23H24N4O8/c28-20(13-25-23(31)34-15-16-5-2-1-3-6-16)26-12-4-7-19(26)22(30)24-14-21(29)35-18-10-8-17(9-11-18)27(32)33/h1-3,5-6,8-11,19H,4,7,12-15H2,(H,24,30)(H,25,31). The molecule has 2 N–H and O–H groups in total. The maximum Gasteiger partial charge on any atom is 0.407 e. The quantitative estimate of drug-likeness (QED) is 0.235. The van der Waals surface area contributed by atoms with Crippen molar-refractivity contribution in [1.82, 2.24) is 15.5 Å². The number of nitrogens with one attached hydrogen (secondary N) is 2. The van der Waals surface area contributed by atoms with E-state index in [-0.39, 0.29) is 24.6 Å². The van der Waals surface area contributed by atoms with Crippen LogP contribution in [-0.4, -0.2) is 59.4 Å². The van der Waals surface area contributed by atoms with E-state index in [0.717, 1.165) is 5.56 Å². The minimum Gasteiger partial charge on any atom is -0.445 e. The van der Waals surface area contributed by atoms with Crippen molar-refractivity contribution in [2.75, 3.05) is 19.6 Å². The van der Waals surface area contributed by atoms with Gasteiger partial charge < -0.3 is 25.0 Å². The summed E-state index contributed by atoms with van der Waals surface area (Å²) in [5, 5.41) is 15.5. The van der Waals surface area contributed by atoms with Crippen LogP contribution >= 0.6 is 0 Å². The molecule has 2 aromatic rings. The van der Waals surface area contributed by atoms with Gasteiger partial charge in [0, 0.05) is 18.7 Å². The minimum atomic E-state index is -0.781. The highest BCUT2D eigenvalue weighted by atomic mass is 16.6. The number of non-ortho nitro benzene ring substituents is 1. The minimum absolute atomic E-state index is 0.0611. The van der Waals surface area contributed by atoms with Gasteiger partial charge in [0.05, 0.1) is 4.92 Å². The van der Waals surface area contributed by atoms with Gasteiger partial charge >= 0.3 is 12.1 Å². The largest absolute Gasteiger partial charge is 0.445 e. The van der Waals surface area contributed by atoms with Gasteiger partial charge in [-0.3, -0.25) is 19.7 Å². The van der Waals surface area contributed by atoms with Crippen molar-refractivity contribution >= 4 is 29.6 Å². The van der Waals surface area contributed by atoms with E-state index in [4.69, 9.17) is 9.47 Å². The van der Waals surface area contributed by atoms with Crippen LogP contribution in [0.25, 0.3) is 0 Å². The molecule has 1 saturated heterocycles. The number of nitrogens with zero attached hydrogens (tertiary/aromatic N) is 2. The second-order valence-corrected chi connectivity index (χ2v) is 7.60. The SMILES string of the molecule is O=C(CNC(=O)C1CCCN1C(=O)CNC(=O)OCc1ccccc1)Oc1ccc([N+](=O)[O-])cc1. The van der Waals surface area contributed by atoms with E-state index in [2.05, 4.69) is 10.6 Å². The molecule has 1 fully saturated rings. The van der Waals surface area contributed by atoms with Gasteiger partial charge in [-0.25, -0.2) is 9.59 Å². The molecule has 184 valence electrons. The highest BCUT2D eigenvalue weighted by Crippen LogP contribution is 2.18. The average molecular weight is 484 g/mol. The Morgan fingerprint density at radius 3 is 2.40 bits per heavy atom. The molecule has 2 aromatic carbocycles. The summed E-state index contributed by atoms with van der Waals surface area (Å²) >= 11 is 0. The summed E-state index contributed by atoms with van der Waals surface area (Å²) in [5.41, 5.74) is 0.653. The predicted molar refractivity (Wildman–Crippen MR) is 121 cm³/mol. The summed E-state index contributed by atoms with van der Waals surface area (Å²) in [5.74, 6) is -1.65. The molecule has 12 heteroatoms. The number of amides is 3. The van der Waals surface area contributed by atoms with Crippen LogP contribution in [0.1, 0.15) is 18.4 Å². The number of rotatable bonds is 9. The fourth-order valence-corrected chi connectivity index (χ4v) is 3.44. The molecule has 0 bridgehead atoms. The fourth-order valence-electron chi connectivity index (χ4n) is 3.44. The number of carbonyl (C=O) groups is 4. The summed E-state index contributed by atoms with van der Waals surface area (Å²) in [6.07, 6.45) is 0.250. The van der Waals surface area contributed by atoms with Gasteiger partial charge in [-0.05, 0) is 30.5 Å². The third-order valence-electron chi connectivity index (χ3n) is 5.16. The molecular formula is C23H24N4O8. The monoisotopic (exact) mass is 484 g/mol. The zero-order valence-electron chi connectivity index (χ0n) is 18.7. The molecular weight excluding hydrogens is 460 g/mol. The topological polar surface area (TPSA) is 157 Å². The zero-order chi connectivity index (χ0) is 25.2. The van der Waals surface area contributed by atoms with Crippen molar-refractivity contribution in [2.45, 2.75) is 25.5 Å². The lowest BCUT2D eigenvalue weighted by atomic mass is 10.2. The van der Waals surface area contributed by atoms with Crippen LogP contribution in [0, 0.1) is 10.1 Å². The normalized spacial score (nSPS) is 14.6. The lowest BCUT2D eigenvalue weighted by molar-refractivity contribution is -0.384. The Balaban J connectivity index is 1.41. The molecule has 1 aliphatic heterocycles. The first-order valence-electron chi connectivity index (χ1n) is 10.8. The molecule has 3 rings (SSSR count). The van der Waals surface area contributed by atoms with Crippen LogP contribution in [0.2, 0.25) is 0 Å². The van der Waals surface area contributed by atoms with Crippen LogP contribution in [-0.2, 0) is 25.7 Å². The Labute approximate surface area is 200 Å². The number of likely N-dealkylation sites (tertiary alicyclic amines) is 1. The van der Waals surface area contributed by atoms with E-state index in [0.29, 0.717) is 19.4 Å². The third-order valence-corrected chi connectivity index (χ3v) is 5.16. The first kappa shape index (κ1) is 25.1. The Kier molecular flexibility index (Phi) is 8.70. The van der Waals surface area contributed by atoms with E-state index >= 15 is 0 Å².